The van der Waals surface area contributed by atoms with Crippen LogP contribution in [0.15, 0.2) is 18.2 Å². The van der Waals surface area contributed by atoms with Crippen LogP contribution in [0, 0.1) is 17.1 Å². The summed E-state index contributed by atoms with van der Waals surface area (Å²) in [5, 5.41) is 11.7. The molecule has 13 heavy (non-hydrogen) atoms. The maximum Gasteiger partial charge on any atom is 0.143 e. The van der Waals surface area contributed by atoms with E-state index >= 15 is 0 Å². The van der Waals surface area contributed by atoms with Crippen LogP contribution in [0.5, 0.6) is 0 Å². The Kier molecular flexibility index (Phi) is 3.27. The van der Waals surface area contributed by atoms with Crippen molar-refractivity contribution in [2.75, 3.05) is 11.9 Å². The van der Waals surface area contributed by atoms with Gasteiger partial charge in [-0.25, -0.2) is 4.39 Å². The summed E-state index contributed by atoms with van der Waals surface area (Å²) in [5.41, 5.74) is 0.667. The summed E-state index contributed by atoms with van der Waals surface area (Å²) in [6, 6.07) is 6.42. The Morgan fingerprint density at radius 3 is 2.92 bits per heavy atom. The smallest absolute Gasteiger partial charge is 0.143 e. The maximum atomic E-state index is 13.0. The molecule has 0 aromatic heterocycles. The van der Waals surface area contributed by atoms with E-state index in [-0.39, 0.29) is 5.56 Å². The summed E-state index contributed by atoms with van der Waals surface area (Å²) in [4.78, 5) is 0. The number of hydrogen-bond donors (Lipinski definition) is 1. The lowest BCUT2D eigenvalue weighted by Gasteiger charge is -2.06. The number of nitrogens with zero attached hydrogens (tertiary/aromatic N) is 1. The summed E-state index contributed by atoms with van der Waals surface area (Å²) in [6.07, 6.45) is 0.946. The molecule has 0 atom stereocenters. The highest BCUT2D eigenvalue weighted by atomic mass is 19.1. The third-order valence-electron chi connectivity index (χ3n) is 1.69. The first kappa shape index (κ1) is 9.53. The van der Waals surface area contributed by atoms with E-state index in [1.165, 1.54) is 6.07 Å². The summed E-state index contributed by atoms with van der Waals surface area (Å²) in [6.45, 7) is 2.76. The molecule has 0 aliphatic rings. The fourth-order valence-corrected chi connectivity index (χ4v) is 1.04. The number of benzene rings is 1. The minimum absolute atomic E-state index is 0.0935. The van der Waals surface area contributed by atoms with Crippen LogP contribution >= 0.6 is 0 Å². The number of hydrogen-bond acceptors (Lipinski definition) is 2. The first-order chi connectivity index (χ1) is 6.29. The lowest BCUT2D eigenvalue weighted by atomic mass is 10.2. The number of nitriles is 1. The number of nitrogens with one attached hydrogen (secondary N) is 1. The van der Waals surface area contributed by atoms with Gasteiger partial charge in [0.2, 0.25) is 0 Å². The van der Waals surface area contributed by atoms with E-state index in [1.54, 1.807) is 12.1 Å². The highest BCUT2D eigenvalue weighted by molar-refractivity contribution is 5.57. The Labute approximate surface area is 77.0 Å². The molecule has 1 aromatic carbocycles. The van der Waals surface area contributed by atoms with Crippen LogP contribution in [-0.2, 0) is 0 Å². The molecule has 68 valence electrons. The van der Waals surface area contributed by atoms with E-state index in [2.05, 4.69) is 5.32 Å². The first-order valence-corrected chi connectivity index (χ1v) is 4.22. The van der Waals surface area contributed by atoms with E-state index < -0.39 is 5.82 Å². The van der Waals surface area contributed by atoms with Gasteiger partial charge in [0.05, 0.1) is 5.69 Å². The van der Waals surface area contributed by atoms with Crippen molar-refractivity contribution in [2.45, 2.75) is 13.3 Å². The molecule has 0 unspecified atom stereocenters. The normalized spacial score (nSPS) is 9.31. The van der Waals surface area contributed by atoms with Gasteiger partial charge in [-0.15, -0.1) is 0 Å². The van der Waals surface area contributed by atoms with Gasteiger partial charge in [-0.2, -0.15) is 5.26 Å². The fourth-order valence-electron chi connectivity index (χ4n) is 1.04. The third kappa shape index (κ3) is 2.19. The Bertz CT molecular complexity index is 328. The van der Waals surface area contributed by atoms with Gasteiger partial charge >= 0.3 is 0 Å². The van der Waals surface area contributed by atoms with Crippen LogP contribution in [0.4, 0.5) is 10.1 Å². The zero-order chi connectivity index (χ0) is 9.68. The van der Waals surface area contributed by atoms with Crippen LogP contribution in [-0.4, -0.2) is 6.54 Å². The molecule has 0 fully saturated rings. The molecule has 0 bridgehead atoms. The molecular formula is C10H11FN2. The minimum Gasteiger partial charge on any atom is -0.384 e. The predicted molar refractivity (Wildman–Crippen MR) is 49.9 cm³/mol. The largest absolute Gasteiger partial charge is 0.384 e. The molecule has 0 aliphatic carbocycles. The SMILES string of the molecule is CCCNc1cccc(F)c1C#N. The van der Waals surface area contributed by atoms with Gasteiger partial charge in [0, 0.05) is 6.54 Å². The number of halogens is 1. The Hall–Kier alpha value is -1.56. The standard InChI is InChI=1S/C10H11FN2/c1-2-6-13-10-5-3-4-9(11)8(10)7-12/h3-5,13H,2,6H2,1H3. The van der Waals surface area contributed by atoms with Gasteiger partial charge in [0.15, 0.2) is 0 Å². The van der Waals surface area contributed by atoms with E-state index in [1.807, 2.05) is 13.0 Å². The fraction of sp³-hybridized carbons (Fsp3) is 0.300. The van der Waals surface area contributed by atoms with Crippen LogP contribution in [0.25, 0.3) is 0 Å². The number of rotatable bonds is 3. The van der Waals surface area contributed by atoms with Gasteiger partial charge in [0.1, 0.15) is 17.4 Å². The van der Waals surface area contributed by atoms with E-state index in [0.717, 1.165) is 13.0 Å². The lowest BCUT2D eigenvalue weighted by molar-refractivity contribution is 0.624. The molecule has 1 rings (SSSR count). The minimum atomic E-state index is -0.469. The molecule has 0 spiro atoms. The van der Waals surface area contributed by atoms with Gasteiger partial charge in [-0.1, -0.05) is 13.0 Å². The Balaban J connectivity index is 2.93. The molecule has 0 aliphatic heterocycles. The van der Waals surface area contributed by atoms with Crippen LogP contribution in [0.1, 0.15) is 18.9 Å². The van der Waals surface area contributed by atoms with Crippen molar-refractivity contribution in [2.24, 2.45) is 0 Å². The summed E-state index contributed by atoms with van der Waals surface area (Å²) >= 11 is 0. The summed E-state index contributed by atoms with van der Waals surface area (Å²) in [5.74, 6) is -0.469. The summed E-state index contributed by atoms with van der Waals surface area (Å²) in [7, 11) is 0. The molecule has 0 saturated heterocycles. The number of anilines is 1. The van der Waals surface area contributed by atoms with Crippen molar-refractivity contribution < 1.29 is 4.39 Å². The third-order valence-corrected chi connectivity index (χ3v) is 1.69. The molecule has 1 N–H and O–H groups in total. The van der Waals surface area contributed by atoms with E-state index in [9.17, 15) is 4.39 Å². The molecule has 0 amide bonds. The molecule has 3 heteroatoms. The summed E-state index contributed by atoms with van der Waals surface area (Å²) < 4.78 is 13.0. The first-order valence-electron chi connectivity index (χ1n) is 4.22. The van der Waals surface area contributed by atoms with Crippen LogP contribution in [0.3, 0.4) is 0 Å². The zero-order valence-electron chi connectivity index (χ0n) is 7.47. The maximum absolute atomic E-state index is 13.0. The Morgan fingerprint density at radius 1 is 1.54 bits per heavy atom. The van der Waals surface area contributed by atoms with Gasteiger partial charge < -0.3 is 5.32 Å². The van der Waals surface area contributed by atoms with Crippen LogP contribution < -0.4 is 5.32 Å². The highest BCUT2D eigenvalue weighted by Gasteiger charge is 2.05. The van der Waals surface area contributed by atoms with Crippen molar-refractivity contribution in [1.82, 2.24) is 0 Å². The second-order valence-electron chi connectivity index (χ2n) is 2.70. The van der Waals surface area contributed by atoms with Crippen molar-refractivity contribution in [3.63, 3.8) is 0 Å². The average molecular weight is 178 g/mol. The monoisotopic (exact) mass is 178 g/mol. The zero-order valence-corrected chi connectivity index (χ0v) is 7.47. The second kappa shape index (κ2) is 4.46. The molecule has 1 aromatic rings. The highest BCUT2D eigenvalue weighted by Crippen LogP contribution is 2.17. The van der Waals surface area contributed by atoms with Gasteiger partial charge in [-0.05, 0) is 18.6 Å². The Morgan fingerprint density at radius 2 is 2.31 bits per heavy atom. The molecule has 0 saturated carbocycles. The van der Waals surface area contributed by atoms with E-state index in [0.29, 0.717) is 5.69 Å². The molecule has 0 radical (unpaired) electrons. The predicted octanol–water partition coefficient (Wildman–Crippen LogP) is 2.52. The van der Waals surface area contributed by atoms with Crippen molar-refractivity contribution in [3.05, 3.63) is 29.6 Å². The molecule has 2 nitrogen and oxygen atoms in total. The topological polar surface area (TPSA) is 35.8 Å². The van der Waals surface area contributed by atoms with Crippen molar-refractivity contribution in [1.29, 1.82) is 5.26 Å². The lowest BCUT2D eigenvalue weighted by Crippen LogP contribution is -2.02. The van der Waals surface area contributed by atoms with Crippen molar-refractivity contribution >= 4 is 5.69 Å². The molecule has 0 heterocycles. The van der Waals surface area contributed by atoms with Gasteiger partial charge in [0.25, 0.3) is 0 Å². The van der Waals surface area contributed by atoms with Crippen molar-refractivity contribution in [3.8, 4) is 6.07 Å². The average Bonchev–Trinajstić information content (AvgIpc) is 2.15. The van der Waals surface area contributed by atoms with E-state index in [4.69, 9.17) is 5.26 Å². The quantitative estimate of drug-likeness (QED) is 0.771. The van der Waals surface area contributed by atoms with Crippen LogP contribution in [0.2, 0.25) is 0 Å². The molecular weight excluding hydrogens is 167 g/mol. The van der Waals surface area contributed by atoms with Gasteiger partial charge in [-0.3, -0.25) is 0 Å². The second-order valence-corrected chi connectivity index (χ2v) is 2.70.